The van der Waals surface area contributed by atoms with Gasteiger partial charge in [-0.05, 0) is 22.0 Å². The molecule has 0 aromatic carbocycles. The first-order valence-electron chi connectivity index (χ1n) is 1.93. The lowest BCUT2D eigenvalue weighted by Gasteiger charge is -2.03. The van der Waals surface area contributed by atoms with E-state index in [9.17, 15) is 0 Å². The summed E-state index contributed by atoms with van der Waals surface area (Å²) in [6, 6.07) is 0. The molecule has 7 heavy (non-hydrogen) atoms. The summed E-state index contributed by atoms with van der Waals surface area (Å²) in [5.41, 5.74) is 5.57. The van der Waals surface area contributed by atoms with E-state index < -0.39 is 0 Å². The van der Waals surface area contributed by atoms with Gasteiger partial charge < -0.3 is 10.9 Å². The van der Waals surface area contributed by atoms with Crippen LogP contribution in [0.25, 0.3) is 0 Å². The van der Waals surface area contributed by atoms with E-state index in [1.807, 2.05) is 18.5 Å². The molecule has 38 valence electrons. The molecule has 2 N–H and O–H groups in total. The van der Waals surface area contributed by atoms with Gasteiger partial charge in [-0.3, -0.25) is 0 Å². The molecule has 0 amide bonds. The van der Waals surface area contributed by atoms with Crippen LogP contribution in [0.4, 0.5) is 0 Å². The summed E-state index contributed by atoms with van der Waals surface area (Å²) < 4.78 is 1.05. The molecule has 0 bridgehead atoms. The molecular formula is C4H5BrN2. The molecular weight excluding hydrogens is 156 g/mol. The van der Waals surface area contributed by atoms with Gasteiger partial charge in [0.1, 0.15) is 0 Å². The zero-order chi connectivity index (χ0) is 5.11. The Kier molecular flexibility index (Phi) is 1.36. The van der Waals surface area contributed by atoms with Crippen molar-refractivity contribution in [2.24, 2.45) is 0 Å². The lowest BCUT2D eigenvalue weighted by molar-refractivity contribution is 0.766. The fourth-order valence-corrected chi connectivity index (χ4v) is 0.575. The van der Waals surface area contributed by atoms with Crippen LogP contribution in [-0.4, -0.2) is 0 Å². The van der Waals surface area contributed by atoms with Crippen LogP contribution >= 0.6 is 15.9 Å². The summed E-state index contributed by atoms with van der Waals surface area (Å²) in [5.74, 6) is 0. The lowest BCUT2D eigenvalue weighted by atomic mass is 10.5. The second-order valence-electron chi connectivity index (χ2n) is 1.15. The first kappa shape index (κ1) is 4.71. The topological polar surface area (TPSA) is 24.1 Å². The van der Waals surface area contributed by atoms with Gasteiger partial charge in [0.2, 0.25) is 0 Å². The molecule has 1 rings (SSSR count). The molecule has 0 atom stereocenters. The maximum atomic E-state index is 3.26. The van der Waals surface area contributed by atoms with Gasteiger partial charge in [-0.2, -0.15) is 0 Å². The summed E-state index contributed by atoms with van der Waals surface area (Å²) in [6.07, 6.45) is 5.54. The minimum Gasteiger partial charge on any atom is -0.309 e. The molecule has 3 heteroatoms. The second kappa shape index (κ2) is 2.02. The van der Waals surface area contributed by atoms with E-state index in [-0.39, 0.29) is 0 Å². The van der Waals surface area contributed by atoms with Gasteiger partial charge in [-0.15, -0.1) is 0 Å². The van der Waals surface area contributed by atoms with Crippen LogP contribution in [0.3, 0.4) is 0 Å². The maximum Gasteiger partial charge on any atom is 0.0366 e. The summed E-state index contributed by atoms with van der Waals surface area (Å²) in [4.78, 5) is 0. The van der Waals surface area contributed by atoms with Crippen molar-refractivity contribution < 1.29 is 0 Å². The van der Waals surface area contributed by atoms with Crippen LogP contribution in [0, 0.1) is 0 Å². The van der Waals surface area contributed by atoms with E-state index in [4.69, 9.17) is 0 Å². The number of rotatable bonds is 0. The Hall–Kier alpha value is -0.440. The Morgan fingerprint density at radius 2 is 2.29 bits per heavy atom. The highest BCUT2D eigenvalue weighted by Crippen LogP contribution is 2.04. The van der Waals surface area contributed by atoms with Gasteiger partial charge >= 0.3 is 0 Å². The summed E-state index contributed by atoms with van der Waals surface area (Å²) in [7, 11) is 0. The van der Waals surface area contributed by atoms with Gasteiger partial charge in [0.15, 0.2) is 0 Å². The third-order valence-corrected chi connectivity index (χ3v) is 1.11. The first-order chi connectivity index (χ1) is 3.39. The predicted octanol–water partition coefficient (Wildman–Crippen LogP) is 0.844. The highest BCUT2D eigenvalue weighted by molar-refractivity contribution is 9.11. The van der Waals surface area contributed by atoms with Crippen LogP contribution in [-0.2, 0) is 0 Å². The van der Waals surface area contributed by atoms with Crippen LogP contribution in [0.5, 0.6) is 0 Å². The number of nitrogens with one attached hydrogen (secondary N) is 2. The number of hydrazine groups is 1. The van der Waals surface area contributed by atoms with Crippen LogP contribution in [0.2, 0.25) is 0 Å². The predicted molar refractivity (Wildman–Crippen MR) is 32.4 cm³/mol. The van der Waals surface area contributed by atoms with E-state index in [1.165, 1.54) is 0 Å². The third kappa shape index (κ3) is 1.23. The quantitative estimate of drug-likeness (QED) is 0.550. The molecule has 1 heterocycles. The zero-order valence-electron chi connectivity index (χ0n) is 3.61. The molecule has 0 aromatic rings. The van der Waals surface area contributed by atoms with Gasteiger partial charge in [-0.25, -0.2) is 0 Å². The van der Waals surface area contributed by atoms with Crippen LogP contribution in [0.15, 0.2) is 23.0 Å². The van der Waals surface area contributed by atoms with E-state index in [0.717, 1.165) is 4.48 Å². The largest absolute Gasteiger partial charge is 0.309 e. The van der Waals surface area contributed by atoms with Crippen molar-refractivity contribution in [2.75, 3.05) is 0 Å². The molecule has 1 aliphatic rings. The SMILES string of the molecule is BrC1=CNNC=C1. The zero-order valence-corrected chi connectivity index (χ0v) is 5.20. The molecule has 0 unspecified atom stereocenters. The van der Waals surface area contributed by atoms with Gasteiger partial charge in [-0.1, -0.05) is 0 Å². The number of halogens is 1. The summed E-state index contributed by atoms with van der Waals surface area (Å²) >= 11 is 3.26. The Balaban J connectivity index is 2.58. The van der Waals surface area contributed by atoms with E-state index in [0.29, 0.717) is 0 Å². The smallest absolute Gasteiger partial charge is 0.0366 e. The van der Waals surface area contributed by atoms with Crippen molar-refractivity contribution >= 4 is 15.9 Å². The normalized spacial score (nSPS) is 17.0. The second-order valence-corrected chi connectivity index (χ2v) is 2.07. The highest BCUT2D eigenvalue weighted by Gasteiger charge is 1.84. The molecule has 0 saturated heterocycles. The standard InChI is InChI=1S/C4H5BrN2/c5-4-1-2-6-7-3-4/h1-3,6-7H. The molecule has 0 saturated carbocycles. The highest BCUT2D eigenvalue weighted by atomic mass is 79.9. The van der Waals surface area contributed by atoms with Crippen molar-refractivity contribution in [3.05, 3.63) is 23.0 Å². The molecule has 0 radical (unpaired) electrons. The van der Waals surface area contributed by atoms with Crippen LogP contribution < -0.4 is 10.9 Å². The molecule has 0 aromatic heterocycles. The Labute approximate surface area is 50.4 Å². The maximum absolute atomic E-state index is 3.26. The number of allylic oxidation sites excluding steroid dienone is 2. The molecule has 1 aliphatic heterocycles. The first-order valence-corrected chi connectivity index (χ1v) is 2.72. The van der Waals surface area contributed by atoms with Crippen molar-refractivity contribution in [1.29, 1.82) is 0 Å². The minimum absolute atomic E-state index is 1.05. The van der Waals surface area contributed by atoms with E-state index in [1.54, 1.807) is 0 Å². The average Bonchev–Trinajstić information content (AvgIpc) is 1.69. The van der Waals surface area contributed by atoms with Gasteiger partial charge in [0.05, 0.1) is 0 Å². The van der Waals surface area contributed by atoms with Gasteiger partial charge in [0.25, 0.3) is 0 Å². The Morgan fingerprint density at radius 3 is 2.57 bits per heavy atom. The fourth-order valence-electron chi connectivity index (χ4n) is 0.328. The lowest BCUT2D eigenvalue weighted by Crippen LogP contribution is -2.22. The monoisotopic (exact) mass is 160 g/mol. The minimum atomic E-state index is 1.05. The molecule has 0 aliphatic carbocycles. The summed E-state index contributed by atoms with van der Waals surface area (Å²) in [5, 5.41) is 0. The molecule has 2 nitrogen and oxygen atoms in total. The molecule has 0 spiro atoms. The van der Waals surface area contributed by atoms with E-state index >= 15 is 0 Å². The number of hydrogen-bond donors (Lipinski definition) is 2. The summed E-state index contributed by atoms with van der Waals surface area (Å²) in [6.45, 7) is 0. The fraction of sp³-hybridized carbons (Fsp3) is 0. The van der Waals surface area contributed by atoms with Crippen molar-refractivity contribution in [1.82, 2.24) is 10.9 Å². The third-order valence-electron chi connectivity index (χ3n) is 0.619. The average molecular weight is 161 g/mol. The Morgan fingerprint density at radius 1 is 1.43 bits per heavy atom. The Bertz CT molecular complexity index is 117. The molecule has 0 fully saturated rings. The van der Waals surface area contributed by atoms with Crippen molar-refractivity contribution in [3.8, 4) is 0 Å². The van der Waals surface area contributed by atoms with Gasteiger partial charge in [0, 0.05) is 16.9 Å². The van der Waals surface area contributed by atoms with E-state index in [2.05, 4.69) is 26.8 Å². The van der Waals surface area contributed by atoms with Crippen molar-refractivity contribution in [3.63, 3.8) is 0 Å². The number of hydrogen-bond acceptors (Lipinski definition) is 2. The van der Waals surface area contributed by atoms with Crippen molar-refractivity contribution in [2.45, 2.75) is 0 Å². The van der Waals surface area contributed by atoms with Crippen LogP contribution in [0.1, 0.15) is 0 Å².